The van der Waals surface area contributed by atoms with Crippen molar-refractivity contribution in [2.24, 2.45) is 5.73 Å². The second kappa shape index (κ2) is 4.42. The van der Waals surface area contributed by atoms with Gasteiger partial charge < -0.3 is 5.73 Å². The van der Waals surface area contributed by atoms with Crippen molar-refractivity contribution in [2.75, 3.05) is 18.2 Å². The summed E-state index contributed by atoms with van der Waals surface area (Å²) in [5.41, 5.74) is 6.20. The molecule has 0 radical (unpaired) electrons. The molecule has 2 rings (SSSR count). The molecule has 84 valence electrons. The molecule has 0 saturated carbocycles. The number of nitrogens with two attached hydrogens (primary N) is 1. The Morgan fingerprint density at radius 1 is 1.44 bits per heavy atom. The molecule has 0 bridgehead atoms. The molecule has 1 saturated heterocycles. The van der Waals surface area contributed by atoms with Crippen LogP contribution in [-0.4, -0.2) is 24.8 Å². The smallest absolute Gasteiger partial charge is 0.253 e. The first kappa shape index (κ1) is 10.8. The molecule has 0 atom stereocenters. The highest BCUT2D eigenvalue weighted by Crippen LogP contribution is 2.24. The summed E-state index contributed by atoms with van der Waals surface area (Å²) in [6, 6.07) is 6.79. The van der Waals surface area contributed by atoms with E-state index in [-0.39, 0.29) is 18.2 Å². The Bertz CT molecular complexity index is 431. The summed E-state index contributed by atoms with van der Waals surface area (Å²) in [4.78, 5) is 28.3. The average molecular weight is 220 g/mol. The van der Waals surface area contributed by atoms with E-state index in [0.29, 0.717) is 24.3 Å². The summed E-state index contributed by atoms with van der Waals surface area (Å²) < 4.78 is 0. The number of amides is 1. The Morgan fingerprint density at radius 2 is 2.19 bits per heavy atom. The summed E-state index contributed by atoms with van der Waals surface area (Å²) in [7, 11) is 0. The molecule has 0 aromatic heterocycles. The van der Waals surface area contributed by atoms with Gasteiger partial charge in [-0.25, -0.2) is 0 Å². The minimum Gasteiger partial charge on any atom is -0.324 e. The van der Waals surface area contributed by atoms with Crippen molar-refractivity contribution in [2.45, 2.75) is 6.42 Å². The Kier molecular flexibility index (Phi) is 2.98. The SMILES string of the molecule is NCC(=O)c1ccccc1N1OCCC1=O. The first-order valence-corrected chi connectivity index (χ1v) is 5.02. The van der Waals surface area contributed by atoms with Crippen LogP contribution in [0.2, 0.25) is 0 Å². The summed E-state index contributed by atoms with van der Waals surface area (Å²) in [6.45, 7) is 0.267. The van der Waals surface area contributed by atoms with Gasteiger partial charge in [-0.1, -0.05) is 12.1 Å². The minimum absolute atomic E-state index is 0.0843. The summed E-state index contributed by atoms with van der Waals surface area (Å²) in [5, 5.41) is 1.17. The lowest BCUT2D eigenvalue weighted by molar-refractivity contribution is -0.119. The van der Waals surface area contributed by atoms with Gasteiger partial charge >= 0.3 is 0 Å². The van der Waals surface area contributed by atoms with E-state index in [1.54, 1.807) is 24.3 Å². The maximum Gasteiger partial charge on any atom is 0.253 e. The number of hydroxylamine groups is 1. The number of carbonyl (C=O) groups is 2. The molecule has 1 aliphatic rings. The van der Waals surface area contributed by atoms with E-state index in [1.165, 1.54) is 5.06 Å². The molecule has 0 unspecified atom stereocenters. The van der Waals surface area contributed by atoms with E-state index in [9.17, 15) is 9.59 Å². The normalized spacial score (nSPS) is 15.6. The number of carbonyl (C=O) groups excluding carboxylic acids is 2. The number of rotatable bonds is 3. The Labute approximate surface area is 92.7 Å². The second-order valence-corrected chi connectivity index (χ2v) is 3.42. The fraction of sp³-hybridized carbons (Fsp3) is 0.273. The van der Waals surface area contributed by atoms with E-state index < -0.39 is 0 Å². The van der Waals surface area contributed by atoms with Gasteiger partial charge in [-0.15, -0.1) is 0 Å². The number of Topliss-reactive ketones (excluding diaryl/α,β-unsaturated/α-hetero) is 1. The van der Waals surface area contributed by atoms with Crippen LogP contribution in [0.25, 0.3) is 0 Å². The van der Waals surface area contributed by atoms with E-state index in [2.05, 4.69) is 0 Å². The van der Waals surface area contributed by atoms with Crippen LogP contribution in [0.5, 0.6) is 0 Å². The molecule has 1 aromatic carbocycles. The van der Waals surface area contributed by atoms with E-state index in [0.717, 1.165) is 0 Å². The lowest BCUT2D eigenvalue weighted by atomic mass is 10.1. The first-order valence-electron chi connectivity index (χ1n) is 5.02. The van der Waals surface area contributed by atoms with Crippen LogP contribution in [-0.2, 0) is 9.63 Å². The van der Waals surface area contributed by atoms with Crippen LogP contribution in [0.4, 0.5) is 5.69 Å². The number of hydrogen-bond acceptors (Lipinski definition) is 4. The van der Waals surface area contributed by atoms with Crippen LogP contribution in [0.15, 0.2) is 24.3 Å². The molecule has 1 fully saturated rings. The van der Waals surface area contributed by atoms with Crippen molar-refractivity contribution >= 4 is 17.4 Å². The Morgan fingerprint density at radius 3 is 2.81 bits per heavy atom. The highest BCUT2D eigenvalue weighted by molar-refractivity contribution is 6.06. The van der Waals surface area contributed by atoms with Crippen LogP contribution >= 0.6 is 0 Å². The average Bonchev–Trinajstić information content (AvgIpc) is 2.74. The van der Waals surface area contributed by atoms with Crippen LogP contribution in [0.1, 0.15) is 16.8 Å². The minimum atomic E-state index is -0.209. The van der Waals surface area contributed by atoms with Gasteiger partial charge in [0.25, 0.3) is 5.91 Å². The van der Waals surface area contributed by atoms with Crippen molar-refractivity contribution in [1.82, 2.24) is 0 Å². The van der Waals surface area contributed by atoms with Crippen LogP contribution in [0.3, 0.4) is 0 Å². The zero-order valence-corrected chi connectivity index (χ0v) is 8.68. The predicted molar refractivity (Wildman–Crippen MR) is 57.9 cm³/mol. The predicted octanol–water partition coefficient (Wildman–Crippen LogP) is 0.496. The molecule has 2 N–H and O–H groups in total. The largest absolute Gasteiger partial charge is 0.324 e. The molecule has 0 aliphatic carbocycles. The van der Waals surface area contributed by atoms with Crippen molar-refractivity contribution in [1.29, 1.82) is 0 Å². The Hall–Kier alpha value is -1.72. The number of ketones is 1. The highest BCUT2D eigenvalue weighted by atomic mass is 16.7. The molecule has 16 heavy (non-hydrogen) atoms. The van der Waals surface area contributed by atoms with Gasteiger partial charge in [-0.05, 0) is 12.1 Å². The van der Waals surface area contributed by atoms with Crippen LogP contribution < -0.4 is 10.8 Å². The summed E-state index contributed by atoms with van der Waals surface area (Å²) in [5.74, 6) is -0.351. The van der Waals surface area contributed by atoms with Crippen molar-refractivity contribution in [3.8, 4) is 0 Å². The third-order valence-corrected chi connectivity index (χ3v) is 2.37. The third-order valence-electron chi connectivity index (χ3n) is 2.37. The number of hydrogen-bond donors (Lipinski definition) is 1. The Balaban J connectivity index is 2.40. The zero-order chi connectivity index (χ0) is 11.5. The first-order chi connectivity index (χ1) is 7.74. The molecule has 1 heterocycles. The van der Waals surface area contributed by atoms with Gasteiger partial charge in [0.1, 0.15) is 0 Å². The lowest BCUT2D eigenvalue weighted by Gasteiger charge is -2.16. The topological polar surface area (TPSA) is 72.6 Å². The molecule has 5 nitrogen and oxygen atoms in total. The maximum absolute atomic E-state index is 11.6. The third kappa shape index (κ3) is 1.82. The van der Waals surface area contributed by atoms with Gasteiger partial charge in [-0.3, -0.25) is 14.4 Å². The van der Waals surface area contributed by atoms with E-state index in [4.69, 9.17) is 10.6 Å². The number of benzene rings is 1. The van der Waals surface area contributed by atoms with Crippen molar-refractivity contribution in [3.05, 3.63) is 29.8 Å². The quantitative estimate of drug-likeness (QED) is 0.753. The van der Waals surface area contributed by atoms with Gasteiger partial charge in [0, 0.05) is 5.56 Å². The van der Waals surface area contributed by atoms with E-state index in [1.807, 2.05) is 0 Å². The van der Waals surface area contributed by atoms with Gasteiger partial charge in [-0.2, -0.15) is 5.06 Å². The maximum atomic E-state index is 11.6. The van der Waals surface area contributed by atoms with Gasteiger partial charge in [0.05, 0.1) is 25.3 Å². The second-order valence-electron chi connectivity index (χ2n) is 3.42. The summed E-state index contributed by atoms with van der Waals surface area (Å²) >= 11 is 0. The molecule has 1 amide bonds. The molecule has 5 heteroatoms. The number of nitrogens with zero attached hydrogens (tertiary/aromatic N) is 1. The van der Waals surface area contributed by atoms with Gasteiger partial charge in [0.2, 0.25) is 0 Å². The fourth-order valence-corrected chi connectivity index (χ4v) is 1.60. The standard InChI is InChI=1S/C11H12N2O3/c12-7-10(14)8-3-1-2-4-9(8)13-11(15)5-6-16-13/h1-4H,5-7,12H2. The van der Waals surface area contributed by atoms with Gasteiger partial charge in [0.15, 0.2) is 5.78 Å². The zero-order valence-electron chi connectivity index (χ0n) is 8.68. The molecule has 1 aliphatic heterocycles. The number of para-hydroxylation sites is 1. The van der Waals surface area contributed by atoms with Crippen molar-refractivity contribution < 1.29 is 14.4 Å². The monoisotopic (exact) mass is 220 g/mol. The summed E-state index contributed by atoms with van der Waals surface area (Å²) in [6.07, 6.45) is 0.338. The van der Waals surface area contributed by atoms with E-state index >= 15 is 0 Å². The molecular formula is C11H12N2O3. The lowest BCUT2D eigenvalue weighted by Crippen LogP contribution is -2.25. The number of anilines is 1. The highest BCUT2D eigenvalue weighted by Gasteiger charge is 2.26. The fourth-order valence-electron chi connectivity index (χ4n) is 1.60. The molecular weight excluding hydrogens is 208 g/mol. The van der Waals surface area contributed by atoms with Crippen LogP contribution in [0, 0.1) is 0 Å². The van der Waals surface area contributed by atoms with Crippen molar-refractivity contribution in [3.63, 3.8) is 0 Å². The molecule has 0 spiro atoms. The molecule has 1 aromatic rings.